The number of anilines is 1. The Balaban J connectivity index is 3.40. The normalized spacial score (nSPS) is 13.0. The number of esters is 4. The van der Waals surface area contributed by atoms with Crippen molar-refractivity contribution in [1.82, 2.24) is 20.0 Å². The summed E-state index contributed by atoms with van der Waals surface area (Å²) in [5.41, 5.74) is -2.95. The number of rotatable bonds is 23. The summed E-state index contributed by atoms with van der Waals surface area (Å²) in [5.74, 6) is -4.15. The minimum atomic E-state index is -1.17. The zero-order valence-electron chi connectivity index (χ0n) is 40.8. The van der Waals surface area contributed by atoms with Crippen LogP contribution in [-0.4, -0.2) is 161 Å². The molecule has 0 spiro atoms. The zero-order chi connectivity index (χ0) is 49.3. The van der Waals surface area contributed by atoms with Crippen LogP contribution in [0.2, 0.25) is 0 Å². The minimum Gasteiger partial charge on any atom is -0.480 e. The van der Waals surface area contributed by atoms with Crippen molar-refractivity contribution in [3.8, 4) is 0 Å². The summed E-state index contributed by atoms with van der Waals surface area (Å²) in [6.07, 6.45) is -0.723. The van der Waals surface area contributed by atoms with Crippen molar-refractivity contribution in [3.63, 3.8) is 0 Å². The maximum atomic E-state index is 14.0. The molecular weight excluding hydrogens is 835 g/mol. The number of nitrogens with zero attached hydrogens (tertiary/aromatic N) is 3. The zero-order valence-corrected chi connectivity index (χ0v) is 40.8. The van der Waals surface area contributed by atoms with Gasteiger partial charge in [0.15, 0.2) is 0 Å². The summed E-state index contributed by atoms with van der Waals surface area (Å²) in [6, 6.07) is 5.57. The molecule has 0 radical (unpaired) electrons. The van der Waals surface area contributed by atoms with Crippen molar-refractivity contribution in [2.75, 3.05) is 70.8 Å². The summed E-state index contributed by atoms with van der Waals surface area (Å²) in [6.45, 7) is 23.9. The van der Waals surface area contributed by atoms with Crippen LogP contribution in [0.1, 0.15) is 109 Å². The number of nitrogens with one attached hydrogen (secondary N) is 2. The molecule has 19 nitrogen and oxygen atoms in total. The summed E-state index contributed by atoms with van der Waals surface area (Å²) in [5, 5.41) is 14.7. The van der Waals surface area contributed by atoms with Crippen LogP contribution in [0.25, 0.3) is 0 Å². The number of carboxylic acids is 1. The minimum absolute atomic E-state index is 0.00249. The van der Waals surface area contributed by atoms with E-state index in [0.717, 1.165) is 0 Å². The summed E-state index contributed by atoms with van der Waals surface area (Å²) in [7, 11) is 0. The van der Waals surface area contributed by atoms with Crippen molar-refractivity contribution in [2.24, 2.45) is 0 Å². The Hall–Kier alpha value is -4.85. The lowest BCUT2D eigenvalue weighted by molar-refractivity contribution is -0.168. The number of hydrogen-bond donors (Lipinski definition) is 3. The Morgan fingerprint density at radius 3 is 1.47 bits per heavy atom. The van der Waals surface area contributed by atoms with E-state index >= 15 is 0 Å². The third kappa shape index (κ3) is 28.8. The van der Waals surface area contributed by atoms with Gasteiger partial charge in [-0.3, -0.25) is 43.5 Å². The van der Waals surface area contributed by atoms with Crippen LogP contribution < -0.4 is 10.6 Å². The number of ether oxygens (including phenoxy) is 6. The smallest absolute Gasteiger partial charge is 0.408 e. The van der Waals surface area contributed by atoms with Crippen molar-refractivity contribution < 1.29 is 67.1 Å². The monoisotopic (exact) mass is 910 g/mol. The molecule has 19 heteroatoms. The highest BCUT2D eigenvalue weighted by molar-refractivity contribution is 5.93. The van der Waals surface area contributed by atoms with Crippen LogP contribution in [0, 0.1) is 0 Å². The predicted octanol–water partition coefficient (Wildman–Crippen LogP) is 4.39. The number of carbonyl (C=O) groups is 7. The molecule has 0 aromatic heterocycles. The largest absolute Gasteiger partial charge is 0.480 e. The number of hydrogen-bond acceptors (Lipinski definition) is 16. The van der Waals surface area contributed by atoms with Crippen LogP contribution in [0.5, 0.6) is 0 Å². The van der Waals surface area contributed by atoms with E-state index in [-0.39, 0.29) is 65.6 Å². The van der Waals surface area contributed by atoms with E-state index in [1.807, 2.05) is 0 Å². The Labute approximate surface area is 379 Å². The Bertz CT molecular complexity index is 1700. The number of alkyl carbamates (subject to hydrolysis) is 1. The fourth-order valence-corrected chi connectivity index (χ4v) is 5.56. The van der Waals surface area contributed by atoms with Crippen LogP contribution in [0.4, 0.5) is 10.5 Å². The van der Waals surface area contributed by atoms with Gasteiger partial charge in [0.05, 0.1) is 39.4 Å². The SMILES string of the molecule is CC(C)(C)OC(=O)CN(CCN(CC(=O)O)CC(=O)OC(C)(C)C)CCN(CC(=O)OC(C)(C)C)C(COCc1ccc(NC(=O)CNC(=O)OC(C)(C)C)cc1)C(=O)OC(C)(C)C. The molecule has 364 valence electrons. The molecule has 0 heterocycles. The molecule has 0 saturated heterocycles. The molecule has 1 unspecified atom stereocenters. The molecule has 1 aromatic carbocycles. The lowest BCUT2D eigenvalue weighted by atomic mass is 10.1. The first-order chi connectivity index (χ1) is 29.1. The predicted molar refractivity (Wildman–Crippen MR) is 238 cm³/mol. The Kier molecular flexibility index (Phi) is 22.3. The van der Waals surface area contributed by atoms with Crippen LogP contribution >= 0.6 is 0 Å². The van der Waals surface area contributed by atoms with Gasteiger partial charge in [0.2, 0.25) is 5.91 Å². The molecule has 0 aliphatic heterocycles. The molecule has 1 aromatic rings. The first-order valence-electron chi connectivity index (χ1n) is 21.3. The number of carbonyl (C=O) groups excluding carboxylic acids is 6. The van der Waals surface area contributed by atoms with E-state index in [2.05, 4.69) is 10.6 Å². The summed E-state index contributed by atoms with van der Waals surface area (Å²) >= 11 is 0. The van der Waals surface area contributed by atoms with E-state index in [0.29, 0.717) is 11.3 Å². The number of benzene rings is 1. The fourth-order valence-electron chi connectivity index (χ4n) is 5.56. The Morgan fingerprint density at radius 1 is 0.562 bits per heavy atom. The van der Waals surface area contributed by atoms with Crippen molar-refractivity contribution in [2.45, 2.75) is 145 Å². The van der Waals surface area contributed by atoms with Crippen LogP contribution in [-0.2, 0) is 63.8 Å². The van der Waals surface area contributed by atoms with Gasteiger partial charge in [-0.25, -0.2) is 4.79 Å². The van der Waals surface area contributed by atoms with Crippen LogP contribution in [0.3, 0.4) is 0 Å². The third-order valence-corrected chi connectivity index (χ3v) is 7.79. The van der Waals surface area contributed by atoms with Crippen molar-refractivity contribution in [3.05, 3.63) is 29.8 Å². The van der Waals surface area contributed by atoms with E-state index in [9.17, 15) is 38.7 Å². The first kappa shape index (κ1) is 57.2. The van der Waals surface area contributed by atoms with Gasteiger partial charge < -0.3 is 44.2 Å². The quantitative estimate of drug-likeness (QED) is 0.102. The third-order valence-electron chi connectivity index (χ3n) is 7.79. The van der Waals surface area contributed by atoms with Gasteiger partial charge in [-0.2, -0.15) is 0 Å². The van der Waals surface area contributed by atoms with E-state index in [4.69, 9.17) is 28.4 Å². The molecule has 0 aliphatic rings. The van der Waals surface area contributed by atoms with Crippen molar-refractivity contribution in [1.29, 1.82) is 0 Å². The van der Waals surface area contributed by atoms with E-state index < -0.39 is 82.4 Å². The van der Waals surface area contributed by atoms with Crippen LogP contribution in [0.15, 0.2) is 24.3 Å². The molecule has 0 bridgehead atoms. The van der Waals surface area contributed by atoms with Gasteiger partial charge in [0, 0.05) is 31.9 Å². The Morgan fingerprint density at radius 2 is 1.00 bits per heavy atom. The topological polar surface area (TPSA) is 229 Å². The molecule has 1 rings (SSSR count). The van der Waals surface area contributed by atoms with Gasteiger partial charge in [-0.15, -0.1) is 0 Å². The molecule has 3 N–H and O–H groups in total. The average molecular weight is 910 g/mol. The highest BCUT2D eigenvalue weighted by Crippen LogP contribution is 2.17. The van der Waals surface area contributed by atoms with Gasteiger partial charge >= 0.3 is 35.9 Å². The molecule has 64 heavy (non-hydrogen) atoms. The lowest BCUT2D eigenvalue weighted by Crippen LogP contribution is -2.52. The number of carboxylic acid groups (broad SMARTS) is 1. The molecular formula is C45H75N5O14. The average Bonchev–Trinajstić information content (AvgIpc) is 3.06. The fraction of sp³-hybridized carbons (Fsp3) is 0.711. The molecule has 0 saturated carbocycles. The van der Waals surface area contributed by atoms with Gasteiger partial charge in [-0.1, -0.05) is 12.1 Å². The second-order valence-electron chi connectivity index (χ2n) is 20.3. The van der Waals surface area contributed by atoms with Crippen molar-refractivity contribution >= 4 is 47.5 Å². The first-order valence-corrected chi connectivity index (χ1v) is 21.3. The maximum Gasteiger partial charge on any atom is 0.408 e. The molecule has 0 fully saturated rings. The maximum absolute atomic E-state index is 14.0. The second-order valence-corrected chi connectivity index (χ2v) is 20.3. The highest BCUT2D eigenvalue weighted by atomic mass is 16.6. The van der Waals surface area contributed by atoms with Gasteiger partial charge in [0.25, 0.3) is 0 Å². The standard InChI is InChI=1S/C45H75N5O14/c1-41(2,3)60-36(54)26-48(20-21-49(25-35(52)53)27-37(55)61-42(4,5)6)22-23-50(28-38(56)62-43(7,8)9)33(39(57)63-44(10,11)12)30-59-29-31-16-18-32(19-17-31)47-34(51)24-46-40(58)64-45(13,14)15/h16-19,33H,20-30H2,1-15H3,(H,46,58)(H,47,51)(H,52,53). The summed E-state index contributed by atoms with van der Waals surface area (Å²) < 4.78 is 33.7. The van der Waals surface area contributed by atoms with Gasteiger partial charge in [0.1, 0.15) is 40.6 Å². The summed E-state index contributed by atoms with van der Waals surface area (Å²) in [4.78, 5) is 94.0. The molecule has 2 amide bonds. The molecule has 1 atom stereocenters. The lowest BCUT2D eigenvalue weighted by Gasteiger charge is -2.34. The van der Waals surface area contributed by atoms with E-state index in [1.54, 1.807) is 138 Å². The number of amides is 2. The second kappa shape index (κ2) is 25.0. The highest BCUT2D eigenvalue weighted by Gasteiger charge is 2.34. The molecule has 0 aliphatic carbocycles. The number of aliphatic carboxylic acids is 1. The van der Waals surface area contributed by atoms with Gasteiger partial charge in [-0.05, 0) is 122 Å². The van der Waals surface area contributed by atoms with E-state index in [1.165, 1.54) is 4.90 Å².